The smallest absolute Gasteiger partial charge is 0.236 e. The van der Waals surface area contributed by atoms with Crippen molar-refractivity contribution in [1.82, 2.24) is 4.90 Å². The number of hydrogen-bond acceptors (Lipinski definition) is 2. The summed E-state index contributed by atoms with van der Waals surface area (Å²) < 4.78 is 0. The SMILES string of the molecule is C#CCCN(CC)C(=O)C(C)C(=O)Nc1cc(Cl)cc(Cl)c1. The quantitative estimate of drug-likeness (QED) is 0.637. The lowest BCUT2D eigenvalue weighted by molar-refractivity contribution is -0.139. The summed E-state index contributed by atoms with van der Waals surface area (Å²) >= 11 is 11.8. The number of carbonyl (C=O) groups excluding carboxylic acids is 2. The maximum absolute atomic E-state index is 12.3. The van der Waals surface area contributed by atoms with E-state index in [0.29, 0.717) is 35.2 Å². The van der Waals surface area contributed by atoms with E-state index < -0.39 is 11.8 Å². The first kappa shape index (κ1) is 18.3. The van der Waals surface area contributed by atoms with Gasteiger partial charge in [-0.15, -0.1) is 12.3 Å². The molecular weight excluding hydrogens is 323 g/mol. The topological polar surface area (TPSA) is 49.4 Å². The van der Waals surface area contributed by atoms with Gasteiger partial charge in [-0.3, -0.25) is 9.59 Å². The van der Waals surface area contributed by atoms with E-state index in [0.717, 1.165) is 0 Å². The van der Waals surface area contributed by atoms with E-state index in [1.54, 1.807) is 30.0 Å². The Labute approximate surface area is 140 Å². The van der Waals surface area contributed by atoms with Crippen LogP contribution in [0.25, 0.3) is 0 Å². The Hall–Kier alpha value is -1.70. The minimum absolute atomic E-state index is 0.261. The Morgan fingerprint density at radius 3 is 2.41 bits per heavy atom. The number of benzene rings is 1. The number of halogens is 2. The van der Waals surface area contributed by atoms with Gasteiger partial charge in [-0.05, 0) is 32.0 Å². The molecular formula is C16H18Cl2N2O2. The van der Waals surface area contributed by atoms with Crippen LogP contribution in [0.4, 0.5) is 5.69 Å². The predicted octanol–water partition coefficient (Wildman–Crippen LogP) is 3.44. The second kappa shape index (κ2) is 8.67. The number of carbonyl (C=O) groups is 2. The molecule has 0 aliphatic rings. The number of nitrogens with one attached hydrogen (secondary N) is 1. The first-order valence-electron chi connectivity index (χ1n) is 6.88. The highest BCUT2D eigenvalue weighted by atomic mass is 35.5. The monoisotopic (exact) mass is 340 g/mol. The van der Waals surface area contributed by atoms with Crippen molar-refractivity contribution < 1.29 is 9.59 Å². The molecule has 0 fully saturated rings. The number of terminal acetylenes is 1. The molecule has 0 radical (unpaired) electrons. The van der Waals surface area contributed by atoms with Gasteiger partial charge in [0.05, 0.1) is 0 Å². The molecule has 1 N–H and O–H groups in total. The summed E-state index contributed by atoms with van der Waals surface area (Å²) in [5, 5.41) is 3.46. The summed E-state index contributed by atoms with van der Waals surface area (Å²) in [5.74, 6) is 0.985. The predicted molar refractivity (Wildman–Crippen MR) is 90.0 cm³/mol. The molecule has 1 atom stereocenters. The maximum Gasteiger partial charge on any atom is 0.236 e. The van der Waals surface area contributed by atoms with Crippen LogP contribution in [0.3, 0.4) is 0 Å². The second-order valence-electron chi connectivity index (χ2n) is 4.74. The molecule has 4 nitrogen and oxygen atoms in total. The molecule has 0 aliphatic heterocycles. The van der Waals surface area contributed by atoms with Crippen molar-refractivity contribution in [3.8, 4) is 12.3 Å². The Balaban J connectivity index is 2.75. The molecule has 1 aromatic rings. The van der Waals surface area contributed by atoms with Crippen molar-refractivity contribution in [3.63, 3.8) is 0 Å². The largest absolute Gasteiger partial charge is 0.341 e. The maximum atomic E-state index is 12.3. The van der Waals surface area contributed by atoms with Crippen LogP contribution in [0.5, 0.6) is 0 Å². The first-order valence-corrected chi connectivity index (χ1v) is 7.63. The van der Waals surface area contributed by atoms with Gasteiger partial charge in [0.15, 0.2) is 0 Å². The Kier molecular flexibility index (Phi) is 7.23. The van der Waals surface area contributed by atoms with Gasteiger partial charge >= 0.3 is 0 Å². The van der Waals surface area contributed by atoms with Gasteiger partial charge in [-0.2, -0.15) is 0 Å². The van der Waals surface area contributed by atoms with Gasteiger partial charge in [0, 0.05) is 35.2 Å². The molecule has 1 rings (SSSR count). The first-order chi connectivity index (χ1) is 10.4. The van der Waals surface area contributed by atoms with E-state index in [9.17, 15) is 9.59 Å². The highest BCUT2D eigenvalue weighted by Crippen LogP contribution is 2.23. The van der Waals surface area contributed by atoms with Crippen molar-refractivity contribution in [1.29, 1.82) is 0 Å². The summed E-state index contributed by atoms with van der Waals surface area (Å²) in [5.41, 5.74) is 0.453. The summed E-state index contributed by atoms with van der Waals surface area (Å²) in [6, 6.07) is 4.70. The molecule has 2 amide bonds. The lowest BCUT2D eigenvalue weighted by atomic mass is 10.1. The van der Waals surface area contributed by atoms with Crippen molar-refractivity contribution in [2.24, 2.45) is 5.92 Å². The molecule has 118 valence electrons. The van der Waals surface area contributed by atoms with E-state index in [2.05, 4.69) is 11.2 Å². The van der Waals surface area contributed by atoms with Crippen molar-refractivity contribution >= 4 is 40.7 Å². The summed E-state index contributed by atoms with van der Waals surface area (Å²) in [6.45, 7) is 4.34. The third-order valence-electron chi connectivity index (χ3n) is 3.11. The Bertz CT molecular complexity index is 576. The minimum atomic E-state index is -0.824. The third-order valence-corrected chi connectivity index (χ3v) is 3.55. The van der Waals surface area contributed by atoms with Crippen LogP contribution in [0.2, 0.25) is 10.0 Å². The van der Waals surface area contributed by atoms with E-state index >= 15 is 0 Å². The molecule has 0 bridgehead atoms. The van der Waals surface area contributed by atoms with Crippen LogP contribution in [0, 0.1) is 18.3 Å². The fourth-order valence-electron chi connectivity index (χ4n) is 1.89. The molecule has 22 heavy (non-hydrogen) atoms. The fraction of sp³-hybridized carbons (Fsp3) is 0.375. The summed E-state index contributed by atoms with van der Waals surface area (Å²) in [7, 11) is 0. The molecule has 1 aromatic carbocycles. The lowest BCUT2D eigenvalue weighted by Gasteiger charge is -2.23. The zero-order valence-corrected chi connectivity index (χ0v) is 14.0. The zero-order valence-electron chi connectivity index (χ0n) is 12.5. The molecule has 0 spiro atoms. The average Bonchev–Trinajstić information content (AvgIpc) is 2.45. The highest BCUT2D eigenvalue weighted by Gasteiger charge is 2.25. The summed E-state index contributed by atoms with van der Waals surface area (Å²) in [6.07, 6.45) is 5.66. The highest BCUT2D eigenvalue weighted by molar-refractivity contribution is 6.35. The fourth-order valence-corrected chi connectivity index (χ4v) is 2.41. The average molecular weight is 341 g/mol. The third kappa shape index (κ3) is 5.25. The molecule has 0 saturated carbocycles. The van der Waals surface area contributed by atoms with Crippen LogP contribution in [-0.2, 0) is 9.59 Å². The van der Waals surface area contributed by atoms with Gasteiger partial charge < -0.3 is 10.2 Å². The van der Waals surface area contributed by atoms with Crippen LogP contribution in [0.1, 0.15) is 20.3 Å². The van der Waals surface area contributed by atoms with Gasteiger partial charge in [0.25, 0.3) is 0 Å². The van der Waals surface area contributed by atoms with Gasteiger partial charge in [0.2, 0.25) is 11.8 Å². The molecule has 0 aliphatic carbocycles. The van der Waals surface area contributed by atoms with Crippen molar-refractivity contribution in [2.45, 2.75) is 20.3 Å². The van der Waals surface area contributed by atoms with E-state index in [1.807, 2.05) is 6.92 Å². The second-order valence-corrected chi connectivity index (χ2v) is 5.61. The van der Waals surface area contributed by atoms with Crippen LogP contribution in [-0.4, -0.2) is 29.8 Å². The van der Waals surface area contributed by atoms with Gasteiger partial charge in [0.1, 0.15) is 5.92 Å². The number of rotatable bonds is 6. The van der Waals surface area contributed by atoms with E-state index in [-0.39, 0.29) is 5.91 Å². The van der Waals surface area contributed by atoms with Crippen LogP contribution >= 0.6 is 23.2 Å². The zero-order chi connectivity index (χ0) is 16.7. The van der Waals surface area contributed by atoms with Gasteiger partial charge in [-0.1, -0.05) is 23.2 Å². The van der Waals surface area contributed by atoms with Crippen molar-refractivity contribution in [2.75, 3.05) is 18.4 Å². The summed E-state index contributed by atoms with van der Waals surface area (Å²) in [4.78, 5) is 26.0. The number of amides is 2. The van der Waals surface area contributed by atoms with E-state index in [4.69, 9.17) is 29.6 Å². The van der Waals surface area contributed by atoms with Crippen molar-refractivity contribution in [3.05, 3.63) is 28.2 Å². The van der Waals surface area contributed by atoms with E-state index in [1.165, 1.54) is 0 Å². The number of anilines is 1. The standard InChI is InChI=1S/C16H18Cl2N2O2/c1-4-6-7-20(5-2)16(22)11(3)15(21)19-14-9-12(17)8-13(18)10-14/h1,8-11H,5-7H2,2-3H3,(H,19,21). The Morgan fingerprint density at radius 1 is 1.32 bits per heavy atom. The lowest BCUT2D eigenvalue weighted by Crippen LogP contribution is -2.40. The van der Waals surface area contributed by atoms with Gasteiger partial charge in [-0.25, -0.2) is 0 Å². The molecule has 1 unspecified atom stereocenters. The minimum Gasteiger partial charge on any atom is -0.341 e. The molecule has 0 heterocycles. The molecule has 0 saturated heterocycles. The normalized spacial score (nSPS) is 11.4. The van der Waals surface area contributed by atoms with Crippen LogP contribution < -0.4 is 5.32 Å². The molecule has 0 aromatic heterocycles. The Morgan fingerprint density at radius 2 is 1.91 bits per heavy atom. The van der Waals surface area contributed by atoms with Crippen LogP contribution in [0.15, 0.2) is 18.2 Å². The molecule has 6 heteroatoms. The number of hydrogen-bond donors (Lipinski definition) is 1. The number of nitrogens with zero attached hydrogens (tertiary/aromatic N) is 1.